The predicted molar refractivity (Wildman–Crippen MR) is 134 cm³/mol. The second-order valence-electron chi connectivity index (χ2n) is 7.18. The van der Waals surface area contributed by atoms with Gasteiger partial charge in [-0.3, -0.25) is 9.42 Å². The average molecular weight is 606 g/mol. The SMILES string of the molecule is C=CCN(CP(=O)([O-])O)C(c1ccc(O[P+](=S)N(C)/N=C/c2ccc(OC)cc2)cc1)P(=O)([O-])O.[Na+].[Na+]. The maximum absolute atomic E-state index is 12.1. The molecule has 11 nitrogen and oxygen atoms in total. The fourth-order valence-electron chi connectivity index (χ4n) is 2.97. The molecule has 2 rings (SSSR count). The van der Waals surface area contributed by atoms with Gasteiger partial charge in [0.1, 0.15) is 19.1 Å². The number of hydrazone groups is 1. The molecule has 190 valence electrons. The molecule has 2 aromatic rings. The smallest absolute Gasteiger partial charge is 0.778 e. The fourth-order valence-corrected chi connectivity index (χ4v) is 5.91. The zero-order valence-corrected chi connectivity index (χ0v) is 28.4. The summed E-state index contributed by atoms with van der Waals surface area (Å²) in [5.74, 6) is -0.702. The van der Waals surface area contributed by atoms with Crippen LogP contribution in [0.1, 0.15) is 16.9 Å². The summed E-state index contributed by atoms with van der Waals surface area (Å²) in [6.45, 7) is 3.23. The summed E-state index contributed by atoms with van der Waals surface area (Å²) in [5.41, 5.74) is 0.889. The van der Waals surface area contributed by atoms with Crippen molar-refractivity contribution in [2.24, 2.45) is 5.10 Å². The summed E-state index contributed by atoms with van der Waals surface area (Å²) in [4.78, 5) is 43.3. The van der Waals surface area contributed by atoms with Gasteiger partial charge in [-0.15, -0.1) is 11.7 Å². The van der Waals surface area contributed by atoms with E-state index in [2.05, 4.69) is 11.7 Å². The van der Waals surface area contributed by atoms with Crippen molar-refractivity contribution in [2.75, 3.05) is 27.0 Å². The number of hydrogen-bond donors (Lipinski definition) is 2. The zero-order chi connectivity index (χ0) is 26.2. The van der Waals surface area contributed by atoms with Crippen molar-refractivity contribution < 1.29 is 97.1 Å². The van der Waals surface area contributed by atoms with Gasteiger partial charge in [0, 0.05) is 6.54 Å². The van der Waals surface area contributed by atoms with Crippen molar-refractivity contribution in [3.8, 4) is 11.5 Å². The third kappa shape index (κ3) is 12.8. The minimum Gasteiger partial charge on any atom is -0.778 e. The summed E-state index contributed by atoms with van der Waals surface area (Å²) in [7, 11) is -8.37. The van der Waals surface area contributed by atoms with Crippen LogP contribution in [0.15, 0.2) is 66.3 Å². The maximum Gasteiger partial charge on any atom is 1.00 e. The van der Waals surface area contributed by atoms with Crippen molar-refractivity contribution in [1.82, 2.24) is 9.68 Å². The quantitative estimate of drug-likeness (QED) is 0.0762. The predicted octanol–water partition coefficient (Wildman–Crippen LogP) is -3.64. The molecule has 37 heavy (non-hydrogen) atoms. The Morgan fingerprint density at radius 3 is 2.11 bits per heavy atom. The molecule has 2 N–H and O–H groups in total. The largest absolute Gasteiger partial charge is 1.00 e. The van der Waals surface area contributed by atoms with E-state index in [-0.39, 0.29) is 71.2 Å². The van der Waals surface area contributed by atoms with Crippen LogP contribution in [0.5, 0.6) is 11.5 Å². The second-order valence-corrected chi connectivity index (χ2v) is 12.5. The standard InChI is InChI=1S/C20H26N3O8P3S.2Na/c1-4-13-23(15-33(24,25)26)20(34(27,28)29)17-7-11-19(12-8-17)31-32(35)22(2)21-14-16-5-9-18(30-3)10-6-16;;/h4-12,14,20H,1,13,15H2,2-3H3,(H3-,24,25,26,27,28,29);;/q;2*+1/p-1/b21-14+;;. The van der Waals surface area contributed by atoms with Gasteiger partial charge in [-0.25, -0.2) is 0 Å². The first-order valence-electron chi connectivity index (χ1n) is 9.92. The third-order valence-corrected chi connectivity index (χ3v) is 8.31. The molecular weight excluding hydrogens is 581 g/mol. The molecule has 0 fully saturated rings. The summed E-state index contributed by atoms with van der Waals surface area (Å²) in [6.07, 6.45) is 1.86. The molecule has 0 aromatic heterocycles. The minimum absolute atomic E-state index is 0. The van der Waals surface area contributed by atoms with Gasteiger partial charge in [0.2, 0.25) is 11.8 Å². The van der Waals surface area contributed by atoms with Crippen molar-refractivity contribution >= 4 is 40.3 Å². The molecule has 4 unspecified atom stereocenters. The first-order chi connectivity index (χ1) is 16.3. The molecule has 0 saturated heterocycles. The normalized spacial score (nSPS) is 15.4. The van der Waals surface area contributed by atoms with Gasteiger partial charge >= 0.3 is 66.2 Å². The van der Waals surface area contributed by atoms with Crippen LogP contribution in [0.2, 0.25) is 0 Å². The van der Waals surface area contributed by atoms with E-state index >= 15 is 0 Å². The summed E-state index contributed by atoms with van der Waals surface area (Å²) in [6, 6.07) is 12.8. The van der Waals surface area contributed by atoms with Crippen LogP contribution < -0.4 is 78.2 Å². The van der Waals surface area contributed by atoms with E-state index in [4.69, 9.17) is 21.1 Å². The Kier molecular flexibility index (Phi) is 17.0. The first-order valence-corrected chi connectivity index (χ1v) is 15.6. The number of benzene rings is 2. The molecule has 0 aliphatic carbocycles. The molecule has 0 aliphatic rings. The Balaban J connectivity index is 0.00000648. The number of ether oxygens (including phenoxy) is 1. The Bertz CT molecular complexity index is 1150. The molecule has 0 saturated carbocycles. The van der Waals surface area contributed by atoms with Gasteiger partial charge in [-0.2, -0.15) is 0 Å². The molecule has 0 aliphatic heterocycles. The molecule has 4 atom stereocenters. The van der Waals surface area contributed by atoms with Gasteiger partial charge in [0.05, 0.1) is 26.7 Å². The summed E-state index contributed by atoms with van der Waals surface area (Å²) in [5, 5.41) is 4.26. The molecule has 2 aromatic carbocycles. The van der Waals surface area contributed by atoms with Crippen molar-refractivity contribution in [2.45, 2.75) is 5.78 Å². The summed E-state index contributed by atoms with van der Waals surface area (Å²) < 4.78 is 35.7. The second kappa shape index (κ2) is 17.0. The zero-order valence-electron chi connectivity index (χ0n) is 20.9. The Morgan fingerprint density at radius 2 is 1.65 bits per heavy atom. The first kappa shape index (κ1) is 37.0. The van der Waals surface area contributed by atoms with Crippen LogP contribution in [0.25, 0.3) is 0 Å². The monoisotopic (exact) mass is 606 g/mol. The van der Waals surface area contributed by atoms with Gasteiger partial charge < -0.3 is 33.4 Å². The molecule has 0 bridgehead atoms. The van der Waals surface area contributed by atoms with Crippen molar-refractivity contribution in [3.05, 3.63) is 72.3 Å². The van der Waals surface area contributed by atoms with Crippen molar-refractivity contribution in [3.63, 3.8) is 0 Å². The van der Waals surface area contributed by atoms with E-state index in [1.807, 2.05) is 12.1 Å². The Hall–Kier alpha value is 0.0300. The Morgan fingerprint density at radius 1 is 1.11 bits per heavy atom. The van der Waals surface area contributed by atoms with Crippen LogP contribution in [0.3, 0.4) is 0 Å². The molecule has 17 heteroatoms. The third-order valence-electron chi connectivity index (χ3n) is 4.47. The van der Waals surface area contributed by atoms with Gasteiger partial charge in [-0.05, 0) is 47.5 Å². The van der Waals surface area contributed by atoms with Crippen LogP contribution in [-0.4, -0.2) is 52.7 Å². The number of hydrogen-bond acceptors (Lipinski definition) is 9. The fraction of sp³-hybridized carbons (Fsp3) is 0.250. The number of nitrogens with zero attached hydrogens (tertiary/aromatic N) is 3. The number of rotatable bonds is 13. The van der Waals surface area contributed by atoms with Crippen LogP contribution >= 0.6 is 22.3 Å². The topological polar surface area (TPSA) is 158 Å². The van der Waals surface area contributed by atoms with E-state index < -0.39 is 34.3 Å². The van der Waals surface area contributed by atoms with Crippen LogP contribution in [-0.2, 0) is 20.9 Å². The van der Waals surface area contributed by atoms with Crippen molar-refractivity contribution in [1.29, 1.82) is 0 Å². The average Bonchev–Trinajstić information content (AvgIpc) is 2.77. The van der Waals surface area contributed by atoms with E-state index in [0.29, 0.717) is 5.75 Å². The van der Waals surface area contributed by atoms with E-state index in [0.717, 1.165) is 16.2 Å². The van der Waals surface area contributed by atoms with Gasteiger partial charge in [0.15, 0.2) is 13.3 Å². The number of methoxy groups -OCH3 is 1. The molecular formula is C20H25N3Na2O8P3S+. The maximum atomic E-state index is 12.1. The summed E-state index contributed by atoms with van der Waals surface area (Å²) >= 11 is 5.36. The van der Waals surface area contributed by atoms with Gasteiger partial charge in [-0.1, -0.05) is 23.0 Å². The minimum atomic E-state index is -5.11. The Labute approximate surface area is 266 Å². The van der Waals surface area contributed by atoms with E-state index in [1.54, 1.807) is 32.5 Å². The molecule has 0 radical (unpaired) electrons. The van der Waals surface area contributed by atoms with E-state index in [1.165, 1.54) is 35.1 Å². The molecule has 0 heterocycles. The van der Waals surface area contributed by atoms with Crippen LogP contribution in [0, 0.1) is 0 Å². The van der Waals surface area contributed by atoms with Crippen LogP contribution in [0.4, 0.5) is 0 Å². The molecule has 0 amide bonds. The van der Waals surface area contributed by atoms with E-state index in [9.17, 15) is 28.7 Å². The molecule has 0 spiro atoms. The van der Waals surface area contributed by atoms with Gasteiger partial charge in [0.25, 0.3) is 0 Å².